The van der Waals surface area contributed by atoms with E-state index in [1.54, 1.807) is 11.8 Å². The average Bonchev–Trinajstić information content (AvgIpc) is 2.29. The van der Waals surface area contributed by atoms with Crippen molar-refractivity contribution in [1.29, 1.82) is 0 Å². The van der Waals surface area contributed by atoms with Crippen LogP contribution in [0, 0.1) is 0 Å². The highest BCUT2D eigenvalue weighted by Crippen LogP contribution is 2.41. The molecule has 0 fully saturated rings. The van der Waals surface area contributed by atoms with Gasteiger partial charge >= 0.3 is 0 Å². The van der Waals surface area contributed by atoms with Crippen molar-refractivity contribution in [3.8, 4) is 0 Å². The quantitative estimate of drug-likeness (QED) is 0.876. The Morgan fingerprint density at radius 3 is 2.71 bits per heavy atom. The molecule has 0 saturated carbocycles. The summed E-state index contributed by atoms with van der Waals surface area (Å²) in [6, 6.07) is 6.38. The standard InChI is InChI=1S/C13H18N2OS/c1-8(2)15-11-7-10(14-4)5-6-12(11)17-9(3)13(15)16/h5-9,14H,1-4H3. The monoisotopic (exact) mass is 250 g/mol. The van der Waals surface area contributed by atoms with Crippen LogP contribution in [0.25, 0.3) is 0 Å². The fourth-order valence-electron chi connectivity index (χ4n) is 2.05. The number of fused-ring (bicyclic) bond motifs is 1. The maximum atomic E-state index is 12.2. The second-order valence-electron chi connectivity index (χ2n) is 4.49. The molecule has 1 amide bonds. The number of carbonyl (C=O) groups excluding carboxylic acids is 1. The van der Waals surface area contributed by atoms with Crippen molar-refractivity contribution in [1.82, 2.24) is 0 Å². The molecule has 1 N–H and O–H groups in total. The van der Waals surface area contributed by atoms with E-state index in [-0.39, 0.29) is 17.2 Å². The second-order valence-corrected chi connectivity index (χ2v) is 5.88. The predicted molar refractivity (Wildman–Crippen MR) is 73.9 cm³/mol. The van der Waals surface area contributed by atoms with Crippen LogP contribution in [-0.4, -0.2) is 24.2 Å². The number of nitrogens with zero attached hydrogens (tertiary/aromatic N) is 1. The van der Waals surface area contributed by atoms with Crippen molar-refractivity contribution in [2.75, 3.05) is 17.3 Å². The molecule has 1 atom stereocenters. The largest absolute Gasteiger partial charge is 0.388 e. The second kappa shape index (κ2) is 4.61. The van der Waals surface area contributed by atoms with Gasteiger partial charge in [-0.3, -0.25) is 4.79 Å². The summed E-state index contributed by atoms with van der Waals surface area (Å²) < 4.78 is 0. The van der Waals surface area contributed by atoms with Gasteiger partial charge in [0.25, 0.3) is 0 Å². The topological polar surface area (TPSA) is 32.3 Å². The Morgan fingerprint density at radius 2 is 2.12 bits per heavy atom. The lowest BCUT2D eigenvalue weighted by Gasteiger charge is -2.35. The summed E-state index contributed by atoms with van der Waals surface area (Å²) >= 11 is 1.64. The zero-order chi connectivity index (χ0) is 12.6. The van der Waals surface area contributed by atoms with Crippen LogP contribution in [0.5, 0.6) is 0 Å². The molecule has 0 bridgehead atoms. The molecule has 0 saturated heterocycles. The van der Waals surface area contributed by atoms with Crippen LogP contribution < -0.4 is 10.2 Å². The number of amides is 1. The predicted octanol–water partition coefficient (Wildman–Crippen LogP) is 2.96. The average molecular weight is 250 g/mol. The van der Waals surface area contributed by atoms with E-state index in [9.17, 15) is 4.79 Å². The van der Waals surface area contributed by atoms with E-state index in [4.69, 9.17) is 0 Å². The number of rotatable bonds is 2. The lowest BCUT2D eigenvalue weighted by atomic mass is 10.2. The Balaban J connectivity index is 2.51. The molecular formula is C13H18N2OS. The Kier molecular flexibility index (Phi) is 3.33. The molecule has 4 heteroatoms. The molecule has 1 heterocycles. The van der Waals surface area contributed by atoms with Crippen molar-refractivity contribution in [3.63, 3.8) is 0 Å². The maximum Gasteiger partial charge on any atom is 0.240 e. The van der Waals surface area contributed by atoms with Gasteiger partial charge in [-0.15, -0.1) is 11.8 Å². The SMILES string of the molecule is CNc1ccc2c(c1)N(C(C)C)C(=O)C(C)S2. The van der Waals surface area contributed by atoms with Crippen LogP contribution in [-0.2, 0) is 4.79 Å². The third-order valence-electron chi connectivity index (χ3n) is 2.91. The van der Waals surface area contributed by atoms with Gasteiger partial charge in [0.05, 0.1) is 10.9 Å². The van der Waals surface area contributed by atoms with Crippen LogP contribution in [0.15, 0.2) is 23.1 Å². The Bertz CT molecular complexity index is 445. The van der Waals surface area contributed by atoms with Crippen LogP contribution in [0.1, 0.15) is 20.8 Å². The molecular weight excluding hydrogens is 232 g/mol. The van der Waals surface area contributed by atoms with Gasteiger partial charge in [0, 0.05) is 23.7 Å². The van der Waals surface area contributed by atoms with E-state index >= 15 is 0 Å². The number of hydrogen-bond donors (Lipinski definition) is 1. The minimum atomic E-state index is 0.00494. The number of benzene rings is 1. The van der Waals surface area contributed by atoms with Crippen molar-refractivity contribution in [2.24, 2.45) is 0 Å². The molecule has 2 rings (SSSR count). The summed E-state index contributed by atoms with van der Waals surface area (Å²) in [5, 5.41) is 3.12. The van der Waals surface area contributed by atoms with Crippen LogP contribution >= 0.6 is 11.8 Å². The molecule has 1 aliphatic heterocycles. The van der Waals surface area contributed by atoms with Gasteiger partial charge in [-0.05, 0) is 39.0 Å². The smallest absolute Gasteiger partial charge is 0.240 e. The van der Waals surface area contributed by atoms with Crippen LogP contribution in [0.3, 0.4) is 0 Å². The Hall–Kier alpha value is -1.16. The van der Waals surface area contributed by atoms with Crippen molar-refractivity contribution in [2.45, 2.75) is 37.0 Å². The lowest BCUT2D eigenvalue weighted by molar-refractivity contribution is -0.118. The first-order chi connectivity index (χ1) is 8.04. The molecule has 1 unspecified atom stereocenters. The minimum absolute atomic E-state index is 0.00494. The summed E-state index contributed by atoms with van der Waals surface area (Å²) in [6.07, 6.45) is 0. The molecule has 3 nitrogen and oxygen atoms in total. The van der Waals surface area contributed by atoms with E-state index < -0.39 is 0 Å². The van der Waals surface area contributed by atoms with Gasteiger partial charge in [-0.1, -0.05) is 0 Å². The highest BCUT2D eigenvalue weighted by Gasteiger charge is 2.32. The van der Waals surface area contributed by atoms with E-state index in [0.717, 1.165) is 11.4 Å². The van der Waals surface area contributed by atoms with Crippen LogP contribution in [0.2, 0.25) is 0 Å². The highest BCUT2D eigenvalue weighted by atomic mass is 32.2. The first-order valence-electron chi connectivity index (χ1n) is 5.86. The number of carbonyl (C=O) groups is 1. The molecule has 1 aromatic carbocycles. The summed E-state index contributed by atoms with van der Waals surface area (Å²) in [7, 11) is 1.89. The van der Waals surface area contributed by atoms with Gasteiger partial charge in [-0.25, -0.2) is 0 Å². The molecule has 1 aliphatic rings. The van der Waals surface area contributed by atoms with E-state index in [1.165, 1.54) is 4.90 Å². The summed E-state index contributed by atoms with van der Waals surface area (Å²) in [6.45, 7) is 6.07. The van der Waals surface area contributed by atoms with Gasteiger partial charge in [0.1, 0.15) is 0 Å². The first-order valence-corrected chi connectivity index (χ1v) is 6.74. The van der Waals surface area contributed by atoms with Gasteiger partial charge in [0.2, 0.25) is 5.91 Å². The van der Waals surface area contributed by atoms with Gasteiger partial charge < -0.3 is 10.2 Å². The lowest BCUT2D eigenvalue weighted by Crippen LogP contribution is -2.44. The number of hydrogen-bond acceptors (Lipinski definition) is 3. The number of nitrogens with one attached hydrogen (secondary N) is 1. The molecule has 1 aromatic rings. The van der Waals surface area contributed by atoms with Crippen molar-refractivity contribution in [3.05, 3.63) is 18.2 Å². The molecule has 0 aromatic heterocycles. The summed E-state index contributed by atoms with van der Waals surface area (Å²) in [5.41, 5.74) is 2.07. The maximum absolute atomic E-state index is 12.2. The van der Waals surface area contributed by atoms with Crippen molar-refractivity contribution >= 4 is 29.0 Å². The minimum Gasteiger partial charge on any atom is -0.388 e. The molecule has 92 valence electrons. The van der Waals surface area contributed by atoms with Crippen LogP contribution in [0.4, 0.5) is 11.4 Å². The third kappa shape index (κ3) is 2.14. The normalized spacial score (nSPS) is 19.5. The molecule has 0 spiro atoms. The first kappa shape index (κ1) is 12.3. The third-order valence-corrected chi connectivity index (χ3v) is 4.07. The summed E-state index contributed by atoms with van der Waals surface area (Å²) in [5.74, 6) is 0.200. The van der Waals surface area contributed by atoms with E-state index in [0.29, 0.717) is 0 Å². The zero-order valence-corrected chi connectivity index (χ0v) is 11.5. The fourth-order valence-corrected chi connectivity index (χ4v) is 3.07. The zero-order valence-electron chi connectivity index (χ0n) is 10.7. The number of anilines is 2. The Morgan fingerprint density at radius 1 is 1.41 bits per heavy atom. The molecule has 0 aliphatic carbocycles. The van der Waals surface area contributed by atoms with Crippen molar-refractivity contribution < 1.29 is 4.79 Å². The fraction of sp³-hybridized carbons (Fsp3) is 0.462. The molecule has 0 radical (unpaired) electrons. The number of thioether (sulfide) groups is 1. The van der Waals surface area contributed by atoms with E-state index in [2.05, 4.69) is 25.2 Å². The van der Waals surface area contributed by atoms with Gasteiger partial charge in [-0.2, -0.15) is 0 Å². The Labute approximate surface area is 107 Å². The van der Waals surface area contributed by atoms with Gasteiger partial charge in [0.15, 0.2) is 0 Å². The highest BCUT2D eigenvalue weighted by molar-refractivity contribution is 8.01. The van der Waals surface area contributed by atoms with E-state index in [1.807, 2.05) is 31.0 Å². The molecule has 17 heavy (non-hydrogen) atoms. The summed E-state index contributed by atoms with van der Waals surface area (Å²) in [4.78, 5) is 15.3.